The molecule has 1 amide bonds. The summed E-state index contributed by atoms with van der Waals surface area (Å²) in [6.07, 6.45) is 1.53. The predicted octanol–water partition coefficient (Wildman–Crippen LogP) is 5.12. The molecule has 190 valence electrons. The molecule has 0 aliphatic heterocycles. The number of rotatable bonds is 9. The van der Waals surface area contributed by atoms with Gasteiger partial charge in [-0.25, -0.2) is 9.97 Å². The van der Waals surface area contributed by atoms with Crippen molar-refractivity contribution in [3.63, 3.8) is 0 Å². The van der Waals surface area contributed by atoms with Gasteiger partial charge in [-0.05, 0) is 48.4 Å². The first-order chi connectivity index (χ1) is 18.5. The average Bonchev–Trinajstić information content (AvgIpc) is 3.51. The molecule has 3 aromatic heterocycles. The molecule has 0 atom stereocenters. The molecular formula is C30H27N5O3. The topological polar surface area (TPSA) is 116 Å². The van der Waals surface area contributed by atoms with Gasteiger partial charge in [0, 0.05) is 0 Å². The van der Waals surface area contributed by atoms with E-state index in [0.29, 0.717) is 17.1 Å². The summed E-state index contributed by atoms with van der Waals surface area (Å²) >= 11 is 0. The molecule has 5 rings (SSSR count). The van der Waals surface area contributed by atoms with Crippen LogP contribution in [0.3, 0.4) is 0 Å². The molecule has 0 fully saturated rings. The number of hydrogen-bond acceptors (Lipinski definition) is 7. The Balaban J connectivity index is 1.28. The highest BCUT2D eigenvalue weighted by Crippen LogP contribution is 2.34. The number of nitrogens with zero attached hydrogens (tertiary/aromatic N) is 3. The van der Waals surface area contributed by atoms with Gasteiger partial charge >= 0.3 is 0 Å². The van der Waals surface area contributed by atoms with Crippen molar-refractivity contribution in [3.05, 3.63) is 132 Å². The maximum Gasteiger partial charge on any atom is 0.270 e. The molecule has 8 nitrogen and oxygen atoms in total. The molecule has 0 aliphatic rings. The SMILES string of the molecule is CC(OCc1cccc(CNC(=O)c2cc(-c3ccco3)nc(N)n2)n1)(c1ccccc1)c1ccccc1. The second-order valence-corrected chi connectivity index (χ2v) is 8.83. The third kappa shape index (κ3) is 5.61. The molecule has 0 saturated carbocycles. The van der Waals surface area contributed by atoms with Gasteiger partial charge in [0.1, 0.15) is 17.0 Å². The standard InChI is InChI=1S/C30H27N5O3/c1-30(21-10-4-2-5-11-21,22-12-6-3-7-13-22)38-20-24-15-8-14-23(33-24)19-32-28(36)26-18-25(34-29(31)35-26)27-16-9-17-37-27/h2-18H,19-20H2,1H3,(H,32,36)(H2,31,34,35). The van der Waals surface area contributed by atoms with E-state index in [2.05, 4.69) is 46.5 Å². The smallest absolute Gasteiger partial charge is 0.270 e. The van der Waals surface area contributed by atoms with Gasteiger partial charge in [0.25, 0.3) is 5.91 Å². The molecule has 0 saturated heterocycles. The lowest BCUT2D eigenvalue weighted by atomic mass is 9.88. The molecule has 3 N–H and O–H groups in total. The minimum absolute atomic E-state index is 0.0128. The Morgan fingerprint density at radius 3 is 2.21 bits per heavy atom. The quantitative estimate of drug-likeness (QED) is 0.285. The first kappa shape index (κ1) is 24.9. The van der Waals surface area contributed by atoms with Crippen LogP contribution in [0.2, 0.25) is 0 Å². The van der Waals surface area contributed by atoms with Crippen LogP contribution in [0.5, 0.6) is 0 Å². The zero-order valence-corrected chi connectivity index (χ0v) is 20.9. The summed E-state index contributed by atoms with van der Waals surface area (Å²) in [6.45, 7) is 2.56. The highest BCUT2D eigenvalue weighted by molar-refractivity contribution is 5.93. The largest absolute Gasteiger partial charge is 0.463 e. The van der Waals surface area contributed by atoms with Crippen LogP contribution in [-0.2, 0) is 23.5 Å². The molecule has 3 heterocycles. The summed E-state index contributed by atoms with van der Waals surface area (Å²) in [5.41, 5.74) is 9.27. The number of furan rings is 1. The Labute approximate surface area is 220 Å². The molecule has 2 aromatic carbocycles. The molecule has 0 radical (unpaired) electrons. The van der Waals surface area contributed by atoms with Gasteiger partial charge < -0.3 is 20.2 Å². The normalized spacial score (nSPS) is 11.3. The lowest BCUT2D eigenvalue weighted by Gasteiger charge is -2.31. The molecule has 0 bridgehead atoms. The fraction of sp³-hybridized carbons (Fsp3) is 0.133. The van der Waals surface area contributed by atoms with E-state index in [1.54, 1.807) is 12.1 Å². The Kier molecular flexibility index (Phi) is 7.24. The summed E-state index contributed by atoms with van der Waals surface area (Å²) in [6, 6.07) is 30.9. The fourth-order valence-electron chi connectivity index (χ4n) is 4.17. The highest BCUT2D eigenvalue weighted by atomic mass is 16.5. The Morgan fingerprint density at radius 2 is 1.55 bits per heavy atom. The average molecular weight is 506 g/mol. The summed E-state index contributed by atoms with van der Waals surface area (Å²) in [5, 5.41) is 2.85. The Bertz CT molecular complexity index is 1470. The van der Waals surface area contributed by atoms with Gasteiger partial charge in [-0.3, -0.25) is 9.78 Å². The Hall–Kier alpha value is -4.82. The first-order valence-electron chi connectivity index (χ1n) is 12.2. The van der Waals surface area contributed by atoms with E-state index in [-0.39, 0.29) is 24.8 Å². The third-order valence-electron chi connectivity index (χ3n) is 6.20. The van der Waals surface area contributed by atoms with Gasteiger partial charge in [-0.1, -0.05) is 66.7 Å². The van der Waals surface area contributed by atoms with Crippen LogP contribution in [0.4, 0.5) is 5.95 Å². The number of hydrogen-bond donors (Lipinski definition) is 2. The number of nitrogen functional groups attached to an aromatic ring is 1. The highest BCUT2D eigenvalue weighted by Gasteiger charge is 2.30. The molecule has 5 aromatic rings. The monoisotopic (exact) mass is 505 g/mol. The molecule has 38 heavy (non-hydrogen) atoms. The van der Waals surface area contributed by atoms with Gasteiger partial charge in [0.05, 0.1) is 30.8 Å². The number of nitrogens with two attached hydrogens (primary N) is 1. The van der Waals surface area contributed by atoms with Crippen LogP contribution >= 0.6 is 0 Å². The van der Waals surface area contributed by atoms with E-state index < -0.39 is 11.5 Å². The van der Waals surface area contributed by atoms with Crippen LogP contribution in [0.1, 0.15) is 39.9 Å². The summed E-state index contributed by atoms with van der Waals surface area (Å²) < 4.78 is 11.9. The van der Waals surface area contributed by atoms with Gasteiger partial charge in [-0.15, -0.1) is 0 Å². The molecule has 0 aliphatic carbocycles. The fourth-order valence-corrected chi connectivity index (χ4v) is 4.17. The van der Waals surface area contributed by atoms with Crippen molar-refractivity contribution in [1.82, 2.24) is 20.3 Å². The number of aromatic nitrogens is 3. The van der Waals surface area contributed by atoms with Crippen molar-refractivity contribution in [1.29, 1.82) is 0 Å². The minimum atomic E-state index is -0.660. The number of pyridine rings is 1. The van der Waals surface area contributed by atoms with Crippen molar-refractivity contribution in [2.24, 2.45) is 0 Å². The predicted molar refractivity (Wildman–Crippen MR) is 144 cm³/mol. The van der Waals surface area contributed by atoms with E-state index in [9.17, 15) is 4.79 Å². The lowest BCUT2D eigenvalue weighted by Crippen LogP contribution is -2.28. The number of nitrogens with one attached hydrogen (secondary N) is 1. The van der Waals surface area contributed by atoms with E-state index in [0.717, 1.165) is 16.8 Å². The lowest BCUT2D eigenvalue weighted by molar-refractivity contribution is -0.0181. The van der Waals surface area contributed by atoms with Crippen molar-refractivity contribution in [2.75, 3.05) is 5.73 Å². The van der Waals surface area contributed by atoms with Crippen LogP contribution in [-0.4, -0.2) is 20.9 Å². The van der Waals surface area contributed by atoms with Crippen LogP contribution in [0.15, 0.2) is 108 Å². The number of amides is 1. The zero-order valence-electron chi connectivity index (χ0n) is 20.9. The maximum atomic E-state index is 12.8. The zero-order chi connectivity index (χ0) is 26.4. The number of anilines is 1. The minimum Gasteiger partial charge on any atom is -0.463 e. The van der Waals surface area contributed by atoms with Crippen molar-refractivity contribution < 1.29 is 13.9 Å². The number of ether oxygens (including phenoxy) is 1. The third-order valence-corrected chi connectivity index (χ3v) is 6.20. The summed E-state index contributed by atoms with van der Waals surface area (Å²) in [4.78, 5) is 25.7. The van der Waals surface area contributed by atoms with E-state index in [4.69, 9.17) is 19.9 Å². The van der Waals surface area contributed by atoms with Crippen LogP contribution in [0.25, 0.3) is 11.5 Å². The van der Waals surface area contributed by atoms with Crippen molar-refractivity contribution in [3.8, 4) is 11.5 Å². The van der Waals surface area contributed by atoms with Gasteiger partial charge in [0.2, 0.25) is 5.95 Å². The molecule has 8 heteroatoms. The molecule has 0 unspecified atom stereocenters. The van der Waals surface area contributed by atoms with Crippen LogP contribution < -0.4 is 11.1 Å². The molecule has 0 spiro atoms. The number of benzene rings is 2. The summed E-state index contributed by atoms with van der Waals surface area (Å²) in [7, 11) is 0. The van der Waals surface area contributed by atoms with E-state index in [1.165, 1.54) is 12.3 Å². The first-order valence-corrected chi connectivity index (χ1v) is 12.2. The second kappa shape index (κ2) is 11.1. The Morgan fingerprint density at radius 1 is 0.868 bits per heavy atom. The van der Waals surface area contributed by atoms with E-state index >= 15 is 0 Å². The molecular weight excluding hydrogens is 478 g/mol. The van der Waals surface area contributed by atoms with Crippen LogP contribution in [0, 0.1) is 0 Å². The van der Waals surface area contributed by atoms with Crippen molar-refractivity contribution in [2.45, 2.75) is 25.7 Å². The van der Waals surface area contributed by atoms with E-state index in [1.807, 2.05) is 54.6 Å². The van der Waals surface area contributed by atoms with Gasteiger partial charge in [0.15, 0.2) is 5.76 Å². The maximum absolute atomic E-state index is 12.8. The van der Waals surface area contributed by atoms with Crippen molar-refractivity contribution >= 4 is 11.9 Å². The summed E-state index contributed by atoms with van der Waals surface area (Å²) in [5.74, 6) is 0.0952. The second-order valence-electron chi connectivity index (χ2n) is 8.83. The number of carbonyl (C=O) groups excluding carboxylic acids is 1. The van der Waals surface area contributed by atoms with Gasteiger partial charge in [-0.2, -0.15) is 0 Å². The number of carbonyl (C=O) groups is 1.